The zero-order valence-electron chi connectivity index (χ0n) is 13.2. The Morgan fingerprint density at radius 1 is 1.30 bits per heavy atom. The molecule has 0 heterocycles. The number of amides is 2. The Kier molecular flexibility index (Phi) is 5.57. The molecule has 0 spiro atoms. The molecule has 0 saturated heterocycles. The minimum Gasteiger partial charge on any atom is -0.389 e. The first-order chi connectivity index (χ1) is 9.26. The van der Waals surface area contributed by atoms with E-state index in [1.807, 2.05) is 6.07 Å². The van der Waals surface area contributed by atoms with E-state index in [1.54, 1.807) is 20.9 Å². The number of likely N-dealkylation sites (N-methyl/N-ethyl adjacent to an activating group) is 1. The number of aryl methyl sites for hydroxylation is 2. The Morgan fingerprint density at radius 2 is 1.95 bits per heavy atom. The third kappa shape index (κ3) is 4.85. The second-order valence-electron chi connectivity index (χ2n) is 5.80. The number of nitrogens with one attached hydrogen (secondary N) is 1. The van der Waals surface area contributed by atoms with Crippen LogP contribution in [0.25, 0.3) is 0 Å². The van der Waals surface area contributed by atoms with E-state index in [2.05, 4.69) is 31.3 Å². The van der Waals surface area contributed by atoms with Crippen LogP contribution in [0.15, 0.2) is 18.2 Å². The molecule has 0 aromatic heterocycles. The summed E-state index contributed by atoms with van der Waals surface area (Å²) in [5, 5.41) is 12.7. The second-order valence-corrected chi connectivity index (χ2v) is 5.80. The van der Waals surface area contributed by atoms with E-state index in [4.69, 9.17) is 0 Å². The molecule has 0 saturated carbocycles. The Hall–Kier alpha value is -1.55. The second kappa shape index (κ2) is 6.75. The van der Waals surface area contributed by atoms with Crippen LogP contribution in [0.4, 0.5) is 10.5 Å². The number of benzene rings is 1. The van der Waals surface area contributed by atoms with E-state index in [0.29, 0.717) is 0 Å². The predicted molar refractivity (Wildman–Crippen MR) is 83.1 cm³/mol. The third-order valence-corrected chi connectivity index (χ3v) is 3.18. The summed E-state index contributed by atoms with van der Waals surface area (Å²) in [6.45, 7) is 7.82. The normalized spacial score (nSPS) is 11.3. The molecule has 2 amide bonds. The topological polar surface area (TPSA) is 52.6 Å². The van der Waals surface area contributed by atoms with Crippen molar-refractivity contribution >= 4 is 11.7 Å². The van der Waals surface area contributed by atoms with Gasteiger partial charge >= 0.3 is 6.03 Å². The molecule has 0 bridgehead atoms. The zero-order valence-corrected chi connectivity index (χ0v) is 13.2. The quantitative estimate of drug-likeness (QED) is 0.869. The fourth-order valence-corrected chi connectivity index (χ4v) is 2.13. The van der Waals surface area contributed by atoms with E-state index in [0.717, 1.165) is 24.1 Å². The predicted octanol–water partition coefficient (Wildman–Crippen LogP) is 3.05. The first kappa shape index (κ1) is 16.5. The molecule has 0 aliphatic carbocycles. The maximum Gasteiger partial charge on any atom is 0.321 e. The van der Waals surface area contributed by atoms with Crippen LogP contribution in [0, 0.1) is 0 Å². The monoisotopic (exact) mass is 278 g/mol. The number of anilines is 1. The Balaban J connectivity index is 2.84. The minimum atomic E-state index is -0.898. The van der Waals surface area contributed by atoms with Gasteiger partial charge in [-0.15, -0.1) is 0 Å². The highest BCUT2D eigenvalue weighted by Crippen LogP contribution is 2.19. The number of carbonyl (C=O) groups is 1. The SMILES string of the molecule is CCc1ccc(CC)c(NC(=O)N(C)CC(C)(C)O)c1. The van der Waals surface area contributed by atoms with Crippen LogP contribution in [0.1, 0.15) is 38.8 Å². The molecule has 4 nitrogen and oxygen atoms in total. The molecule has 1 aromatic carbocycles. The fourth-order valence-electron chi connectivity index (χ4n) is 2.13. The fraction of sp³-hybridized carbons (Fsp3) is 0.562. The highest BCUT2D eigenvalue weighted by Gasteiger charge is 2.19. The van der Waals surface area contributed by atoms with Crippen LogP contribution in [0.2, 0.25) is 0 Å². The molecular formula is C16H26N2O2. The van der Waals surface area contributed by atoms with Gasteiger partial charge in [0, 0.05) is 12.7 Å². The van der Waals surface area contributed by atoms with Gasteiger partial charge in [-0.3, -0.25) is 0 Å². The van der Waals surface area contributed by atoms with Gasteiger partial charge in [-0.1, -0.05) is 26.0 Å². The summed E-state index contributed by atoms with van der Waals surface area (Å²) < 4.78 is 0. The van der Waals surface area contributed by atoms with Gasteiger partial charge < -0.3 is 15.3 Å². The molecular weight excluding hydrogens is 252 g/mol. The van der Waals surface area contributed by atoms with Crippen LogP contribution in [0.5, 0.6) is 0 Å². The van der Waals surface area contributed by atoms with Gasteiger partial charge in [0.15, 0.2) is 0 Å². The average molecular weight is 278 g/mol. The molecule has 1 rings (SSSR count). The number of hydrogen-bond acceptors (Lipinski definition) is 2. The highest BCUT2D eigenvalue weighted by molar-refractivity contribution is 5.90. The van der Waals surface area contributed by atoms with Crippen molar-refractivity contribution in [3.05, 3.63) is 29.3 Å². The molecule has 0 unspecified atom stereocenters. The molecule has 0 radical (unpaired) electrons. The van der Waals surface area contributed by atoms with Crippen molar-refractivity contribution in [1.29, 1.82) is 0 Å². The number of rotatable bonds is 5. The van der Waals surface area contributed by atoms with Crippen LogP contribution < -0.4 is 5.32 Å². The lowest BCUT2D eigenvalue weighted by molar-refractivity contribution is 0.0550. The lowest BCUT2D eigenvalue weighted by Gasteiger charge is -2.26. The Bertz CT molecular complexity index is 464. The third-order valence-electron chi connectivity index (χ3n) is 3.18. The van der Waals surface area contributed by atoms with Gasteiger partial charge in [-0.2, -0.15) is 0 Å². The lowest BCUT2D eigenvalue weighted by Crippen LogP contribution is -2.41. The van der Waals surface area contributed by atoms with Gasteiger partial charge in [0.25, 0.3) is 0 Å². The van der Waals surface area contributed by atoms with E-state index < -0.39 is 5.60 Å². The van der Waals surface area contributed by atoms with Crippen LogP contribution in [-0.2, 0) is 12.8 Å². The first-order valence-electron chi connectivity index (χ1n) is 7.13. The Morgan fingerprint density at radius 3 is 2.45 bits per heavy atom. The standard InChI is InChI=1S/C16H26N2O2/c1-6-12-8-9-13(7-2)14(10-12)17-15(19)18(5)11-16(3,4)20/h8-10,20H,6-7,11H2,1-5H3,(H,17,19). The van der Waals surface area contributed by atoms with Gasteiger partial charge in [0.1, 0.15) is 0 Å². The number of urea groups is 1. The van der Waals surface area contributed by atoms with Gasteiger partial charge in [0.05, 0.1) is 12.1 Å². The maximum atomic E-state index is 12.2. The lowest BCUT2D eigenvalue weighted by atomic mass is 10.1. The molecule has 20 heavy (non-hydrogen) atoms. The molecule has 0 aliphatic rings. The van der Waals surface area contributed by atoms with E-state index in [-0.39, 0.29) is 12.6 Å². The molecule has 4 heteroatoms. The summed E-state index contributed by atoms with van der Waals surface area (Å²) in [7, 11) is 1.68. The summed E-state index contributed by atoms with van der Waals surface area (Å²) in [4.78, 5) is 13.7. The maximum absolute atomic E-state index is 12.2. The number of carbonyl (C=O) groups excluding carboxylic acids is 1. The average Bonchev–Trinajstić information content (AvgIpc) is 2.36. The Labute approximate surface area is 121 Å². The van der Waals surface area contributed by atoms with E-state index >= 15 is 0 Å². The van der Waals surface area contributed by atoms with Crippen molar-refractivity contribution < 1.29 is 9.90 Å². The molecule has 0 atom stereocenters. The molecule has 1 aromatic rings. The number of nitrogens with zero attached hydrogens (tertiary/aromatic N) is 1. The van der Waals surface area contributed by atoms with Crippen molar-refractivity contribution in [1.82, 2.24) is 4.90 Å². The first-order valence-corrected chi connectivity index (χ1v) is 7.13. The summed E-state index contributed by atoms with van der Waals surface area (Å²) in [6.07, 6.45) is 1.81. The highest BCUT2D eigenvalue weighted by atomic mass is 16.3. The van der Waals surface area contributed by atoms with Gasteiger partial charge in [-0.25, -0.2) is 4.79 Å². The molecule has 2 N–H and O–H groups in total. The molecule has 0 aliphatic heterocycles. The largest absolute Gasteiger partial charge is 0.389 e. The van der Waals surface area contributed by atoms with Crippen LogP contribution >= 0.6 is 0 Å². The van der Waals surface area contributed by atoms with Crippen molar-refractivity contribution in [2.45, 2.75) is 46.1 Å². The van der Waals surface area contributed by atoms with Crippen molar-refractivity contribution in [2.75, 3.05) is 18.9 Å². The van der Waals surface area contributed by atoms with Crippen LogP contribution in [0.3, 0.4) is 0 Å². The minimum absolute atomic E-state index is 0.199. The van der Waals surface area contributed by atoms with Gasteiger partial charge in [0.2, 0.25) is 0 Å². The smallest absolute Gasteiger partial charge is 0.321 e. The molecule has 112 valence electrons. The van der Waals surface area contributed by atoms with E-state index in [1.165, 1.54) is 10.5 Å². The van der Waals surface area contributed by atoms with E-state index in [9.17, 15) is 9.90 Å². The van der Waals surface area contributed by atoms with Crippen molar-refractivity contribution in [3.63, 3.8) is 0 Å². The number of hydrogen-bond donors (Lipinski definition) is 2. The summed E-state index contributed by atoms with van der Waals surface area (Å²) in [5.74, 6) is 0. The van der Waals surface area contributed by atoms with Crippen LogP contribution in [-0.4, -0.2) is 35.2 Å². The summed E-state index contributed by atoms with van der Waals surface area (Å²) >= 11 is 0. The number of aliphatic hydroxyl groups is 1. The van der Waals surface area contributed by atoms with Gasteiger partial charge in [-0.05, 0) is 43.9 Å². The molecule has 0 fully saturated rings. The summed E-state index contributed by atoms with van der Waals surface area (Å²) in [5.41, 5.74) is 2.28. The van der Waals surface area contributed by atoms with Crippen molar-refractivity contribution in [3.8, 4) is 0 Å². The summed E-state index contributed by atoms with van der Waals surface area (Å²) in [6, 6.07) is 5.98. The van der Waals surface area contributed by atoms with Crippen molar-refractivity contribution in [2.24, 2.45) is 0 Å². The zero-order chi connectivity index (χ0) is 15.3.